The van der Waals surface area contributed by atoms with Crippen molar-refractivity contribution in [1.82, 2.24) is 9.88 Å². The van der Waals surface area contributed by atoms with Gasteiger partial charge in [0.2, 0.25) is 23.4 Å². The summed E-state index contributed by atoms with van der Waals surface area (Å²) in [5, 5.41) is 12.4. The largest absolute Gasteiger partial charge is 0.424 e. The number of hydrogen-bond donors (Lipinski definition) is 1. The van der Waals surface area contributed by atoms with Crippen LogP contribution in [-0.2, 0) is 4.79 Å². The number of aromatic nitrogens is 1. The molecule has 1 saturated heterocycles. The fraction of sp³-hybridized carbons (Fsp3) is 0.773. The summed E-state index contributed by atoms with van der Waals surface area (Å²) in [5.41, 5.74) is 0.267. The number of carbonyl (C=O) groups excluding carboxylic acids is 1. The van der Waals surface area contributed by atoms with Gasteiger partial charge in [-0.25, -0.2) is 4.98 Å². The summed E-state index contributed by atoms with van der Waals surface area (Å²) in [6.45, 7) is 6.21. The van der Waals surface area contributed by atoms with Gasteiger partial charge in [0.05, 0.1) is 6.54 Å². The molecule has 0 radical (unpaired) electrons. The molecule has 1 N–H and O–H groups in total. The zero-order chi connectivity index (χ0) is 19.9. The van der Waals surface area contributed by atoms with E-state index in [9.17, 15) is 10.1 Å². The lowest BCUT2D eigenvalue weighted by atomic mass is 9.80. The summed E-state index contributed by atoms with van der Waals surface area (Å²) in [4.78, 5) is 18.8. The average Bonchev–Trinajstić information content (AvgIpc) is 3.14. The lowest BCUT2D eigenvalue weighted by Gasteiger charge is -2.31. The van der Waals surface area contributed by atoms with Crippen molar-refractivity contribution in [3.63, 3.8) is 0 Å². The molecule has 1 amide bonds. The van der Waals surface area contributed by atoms with E-state index in [-0.39, 0.29) is 18.1 Å². The molecular weight excluding hydrogens is 352 g/mol. The molecule has 1 aromatic rings. The van der Waals surface area contributed by atoms with Gasteiger partial charge < -0.3 is 14.6 Å². The smallest absolute Gasteiger partial charge is 0.241 e. The predicted molar refractivity (Wildman–Crippen MR) is 109 cm³/mol. The second-order valence-electron chi connectivity index (χ2n) is 8.64. The maximum Gasteiger partial charge on any atom is 0.241 e. The van der Waals surface area contributed by atoms with Gasteiger partial charge in [0, 0.05) is 19.0 Å². The number of amides is 1. The summed E-state index contributed by atoms with van der Waals surface area (Å²) in [6.07, 6.45) is 10.7. The Morgan fingerprint density at radius 1 is 1.32 bits per heavy atom. The molecule has 1 atom stereocenters. The van der Waals surface area contributed by atoms with Crippen molar-refractivity contribution in [3.05, 3.63) is 11.6 Å². The number of rotatable bonds is 7. The number of nitrogens with one attached hydrogen (secondary N) is 1. The third-order valence-corrected chi connectivity index (χ3v) is 6.32. The van der Waals surface area contributed by atoms with Crippen LogP contribution in [-0.4, -0.2) is 35.4 Å². The maximum absolute atomic E-state index is 12.5. The van der Waals surface area contributed by atoms with E-state index in [0.717, 1.165) is 38.3 Å². The van der Waals surface area contributed by atoms with Crippen LogP contribution in [0.5, 0.6) is 0 Å². The predicted octanol–water partition coefficient (Wildman–Crippen LogP) is 4.68. The molecule has 2 fully saturated rings. The van der Waals surface area contributed by atoms with Crippen LogP contribution < -0.4 is 5.32 Å². The Morgan fingerprint density at radius 2 is 2.11 bits per heavy atom. The van der Waals surface area contributed by atoms with Crippen LogP contribution in [0, 0.1) is 23.2 Å². The van der Waals surface area contributed by atoms with Gasteiger partial charge >= 0.3 is 0 Å². The first kappa shape index (κ1) is 20.7. The van der Waals surface area contributed by atoms with E-state index in [4.69, 9.17) is 4.42 Å². The van der Waals surface area contributed by atoms with Crippen LogP contribution in [0.25, 0.3) is 0 Å². The lowest BCUT2D eigenvalue weighted by molar-refractivity contribution is -0.130. The van der Waals surface area contributed by atoms with Crippen molar-refractivity contribution in [2.75, 3.05) is 25.0 Å². The standard InChI is InChI=1S/C22H34N4O2/c1-3-4-7-17-8-10-18(11-9-17)21-25-19(13-23)22(28-21)24-14-20(27)26-12-5-6-16(2)15-26/h16-18,24H,3-12,14-15H2,1-2H3/t16-,17?,18?/m0/s1. The number of piperidine rings is 1. The zero-order valence-corrected chi connectivity index (χ0v) is 17.4. The molecule has 0 spiro atoms. The van der Waals surface area contributed by atoms with E-state index in [1.54, 1.807) is 0 Å². The van der Waals surface area contributed by atoms with E-state index in [1.165, 1.54) is 38.5 Å². The lowest BCUT2D eigenvalue weighted by Crippen LogP contribution is -2.41. The van der Waals surface area contributed by atoms with Gasteiger partial charge in [0.15, 0.2) is 0 Å². The molecule has 0 unspecified atom stereocenters. The number of unbranched alkanes of at least 4 members (excludes halogenated alkanes) is 1. The van der Waals surface area contributed by atoms with Gasteiger partial charge in [-0.1, -0.05) is 33.1 Å². The van der Waals surface area contributed by atoms with Gasteiger partial charge in [0.25, 0.3) is 0 Å². The molecule has 1 aliphatic heterocycles. The van der Waals surface area contributed by atoms with Crippen molar-refractivity contribution in [2.45, 2.75) is 77.6 Å². The van der Waals surface area contributed by atoms with Gasteiger partial charge in [0.1, 0.15) is 6.07 Å². The molecule has 2 heterocycles. The number of hydrogen-bond acceptors (Lipinski definition) is 5. The Labute approximate surface area is 168 Å². The van der Waals surface area contributed by atoms with Gasteiger partial charge in [-0.15, -0.1) is 0 Å². The molecule has 154 valence electrons. The van der Waals surface area contributed by atoms with Gasteiger partial charge in [-0.05, 0) is 50.4 Å². The van der Waals surface area contributed by atoms with Crippen LogP contribution in [0.15, 0.2) is 4.42 Å². The molecule has 1 aliphatic carbocycles. The van der Waals surface area contributed by atoms with Crippen molar-refractivity contribution in [2.24, 2.45) is 11.8 Å². The average molecular weight is 387 g/mol. The Balaban J connectivity index is 1.54. The highest BCUT2D eigenvalue weighted by atomic mass is 16.4. The van der Waals surface area contributed by atoms with Crippen LogP contribution >= 0.6 is 0 Å². The Kier molecular flexibility index (Phi) is 7.36. The number of nitriles is 1. The first-order valence-electron chi connectivity index (χ1n) is 11.0. The maximum atomic E-state index is 12.5. The summed E-state index contributed by atoms with van der Waals surface area (Å²) >= 11 is 0. The van der Waals surface area contributed by atoms with E-state index in [0.29, 0.717) is 23.6 Å². The first-order chi connectivity index (χ1) is 13.6. The number of carbonyl (C=O) groups is 1. The topological polar surface area (TPSA) is 82.2 Å². The number of anilines is 1. The molecule has 2 aliphatic rings. The monoisotopic (exact) mass is 386 g/mol. The van der Waals surface area contributed by atoms with Gasteiger partial charge in [-0.2, -0.15) is 5.26 Å². The van der Waals surface area contributed by atoms with Gasteiger partial charge in [-0.3, -0.25) is 4.79 Å². The Hall–Kier alpha value is -2.03. The third-order valence-electron chi connectivity index (χ3n) is 6.32. The molecule has 1 saturated carbocycles. The normalized spacial score (nSPS) is 25.3. The fourth-order valence-corrected chi connectivity index (χ4v) is 4.58. The summed E-state index contributed by atoms with van der Waals surface area (Å²) in [5.74, 6) is 2.74. The second kappa shape index (κ2) is 9.95. The summed E-state index contributed by atoms with van der Waals surface area (Å²) < 4.78 is 5.90. The fourth-order valence-electron chi connectivity index (χ4n) is 4.58. The van der Waals surface area contributed by atoms with E-state index < -0.39 is 0 Å². The van der Waals surface area contributed by atoms with Crippen LogP contribution in [0.3, 0.4) is 0 Å². The Morgan fingerprint density at radius 3 is 2.79 bits per heavy atom. The molecule has 0 bridgehead atoms. The Bertz CT molecular complexity index is 685. The molecule has 0 aromatic carbocycles. The number of nitrogens with zero attached hydrogens (tertiary/aromatic N) is 3. The minimum atomic E-state index is 0.0600. The second-order valence-corrected chi connectivity index (χ2v) is 8.64. The van der Waals surface area contributed by atoms with Crippen molar-refractivity contribution >= 4 is 11.8 Å². The van der Waals surface area contributed by atoms with Crippen LogP contribution in [0.1, 0.15) is 89.1 Å². The van der Waals surface area contributed by atoms with Crippen molar-refractivity contribution < 1.29 is 9.21 Å². The molecule has 28 heavy (non-hydrogen) atoms. The molecule has 6 nitrogen and oxygen atoms in total. The highest BCUT2D eigenvalue weighted by Gasteiger charge is 2.27. The van der Waals surface area contributed by atoms with Crippen LogP contribution in [0.4, 0.5) is 5.88 Å². The number of oxazole rings is 1. The molecular formula is C22H34N4O2. The third kappa shape index (κ3) is 5.27. The van der Waals surface area contributed by atoms with Crippen molar-refractivity contribution in [3.8, 4) is 6.07 Å². The molecule has 6 heteroatoms. The summed E-state index contributed by atoms with van der Waals surface area (Å²) in [6, 6.07) is 2.11. The van der Waals surface area contributed by atoms with E-state index in [2.05, 4.69) is 30.2 Å². The van der Waals surface area contributed by atoms with Crippen molar-refractivity contribution in [1.29, 1.82) is 5.26 Å². The highest BCUT2D eigenvalue weighted by Crippen LogP contribution is 2.38. The minimum absolute atomic E-state index is 0.0600. The number of likely N-dealkylation sites (tertiary alicyclic amines) is 1. The minimum Gasteiger partial charge on any atom is -0.424 e. The molecule has 3 rings (SSSR count). The summed E-state index contributed by atoms with van der Waals surface area (Å²) in [7, 11) is 0. The SMILES string of the molecule is CCCCC1CCC(c2nc(C#N)c(NCC(=O)N3CCC[C@H](C)C3)o2)CC1. The molecule has 1 aromatic heterocycles. The van der Waals surface area contributed by atoms with E-state index >= 15 is 0 Å². The highest BCUT2D eigenvalue weighted by molar-refractivity contribution is 5.80. The quantitative estimate of drug-likeness (QED) is 0.736. The zero-order valence-electron chi connectivity index (χ0n) is 17.4. The first-order valence-corrected chi connectivity index (χ1v) is 11.0. The van der Waals surface area contributed by atoms with Crippen LogP contribution in [0.2, 0.25) is 0 Å². The van der Waals surface area contributed by atoms with E-state index in [1.807, 2.05) is 4.90 Å².